The van der Waals surface area contributed by atoms with Gasteiger partial charge < -0.3 is 9.05 Å². The Kier molecular flexibility index (Phi) is 5.12. The number of non-ortho nitro benzene ring substituents is 2. The van der Waals surface area contributed by atoms with Gasteiger partial charge in [0, 0.05) is 24.3 Å². The third kappa shape index (κ3) is 4.28. The molecule has 10 nitrogen and oxygen atoms in total. The van der Waals surface area contributed by atoms with Crippen LogP contribution in [-0.4, -0.2) is 16.9 Å². The smallest absolute Gasteiger partial charge is 0.405 e. The number of rotatable bonds is 7. The summed E-state index contributed by atoms with van der Waals surface area (Å²) in [6.07, 6.45) is 0. The molecule has 0 fully saturated rings. The van der Waals surface area contributed by atoms with Gasteiger partial charge in [0.05, 0.1) is 9.85 Å². The van der Waals surface area contributed by atoms with Gasteiger partial charge in [0.25, 0.3) is 11.4 Å². The number of hydrogen-bond acceptors (Lipinski definition) is 7. The van der Waals surface area contributed by atoms with E-state index in [0.29, 0.717) is 0 Å². The molecule has 0 heterocycles. The Hall–Kier alpha value is -2.97. The second kappa shape index (κ2) is 7.07. The predicted molar refractivity (Wildman–Crippen MR) is 84.1 cm³/mol. The summed E-state index contributed by atoms with van der Waals surface area (Å²) in [5.74, 6) is 0.195. The van der Waals surface area contributed by atoms with E-state index in [1.807, 2.05) is 0 Å². The fourth-order valence-corrected chi connectivity index (χ4v) is 2.66. The Morgan fingerprint density at radius 2 is 1.17 bits per heavy atom. The van der Waals surface area contributed by atoms with E-state index in [1.165, 1.54) is 55.6 Å². The molecule has 0 aliphatic carbocycles. The summed E-state index contributed by atoms with van der Waals surface area (Å²) >= 11 is 0. The van der Waals surface area contributed by atoms with Gasteiger partial charge >= 0.3 is 7.75 Å². The van der Waals surface area contributed by atoms with Crippen LogP contribution in [0.5, 0.6) is 11.5 Å². The zero-order valence-corrected chi connectivity index (χ0v) is 13.2. The van der Waals surface area contributed by atoms with E-state index in [-0.39, 0.29) is 22.9 Å². The van der Waals surface area contributed by atoms with Crippen LogP contribution in [-0.2, 0) is 4.57 Å². The number of benzene rings is 2. The summed E-state index contributed by atoms with van der Waals surface area (Å²) in [6.45, 7) is 0. The minimum Gasteiger partial charge on any atom is -0.405 e. The number of hydrogen-bond donors (Lipinski definition) is 1. The van der Waals surface area contributed by atoms with Gasteiger partial charge in [-0.25, -0.2) is 9.65 Å². The van der Waals surface area contributed by atoms with Crippen molar-refractivity contribution in [2.24, 2.45) is 0 Å². The normalized spacial score (nSPS) is 10.9. The zero-order chi connectivity index (χ0) is 17.7. The lowest BCUT2D eigenvalue weighted by Crippen LogP contribution is -2.14. The summed E-state index contributed by atoms with van der Waals surface area (Å²) in [5.41, 5.74) is -0.282. The van der Waals surface area contributed by atoms with Crippen LogP contribution in [0.25, 0.3) is 0 Å². The highest BCUT2D eigenvalue weighted by molar-refractivity contribution is 7.52. The molecule has 2 aromatic rings. The van der Waals surface area contributed by atoms with Gasteiger partial charge in [0.2, 0.25) is 0 Å². The maximum atomic E-state index is 12.5. The molecule has 11 heteroatoms. The van der Waals surface area contributed by atoms with Gasteiger partial charge in [0.15, 0.2) is 0 Å². The molecule has 0 aromatic heterocycles. The summed E-state index contributed by atoms with van der Waals surface area (Å²) in [7, 11) is -2.47. The average molecular weight is 353 g/mol. The van der Waals surface area contributed by atoms with Gasteiger partial charge in [-0.1, -0.05) is 0 Å². The topological polar surface area (TPSA) is 134 Å². The van der Waals surface area contributed by atoms with Crippen molar-refractivity contribution < 1.29 is 23.5 Å². The summed E-state index contributed by atoms with van der Waals surface area (Å²) in [4.78, 5) is 20.0. The molecule has 126 valence electrons. The standard InChI is InChI=1S/C13H12N3O7P/c1-14-24(21,22-12-6-2-10(3-7-12)15(17)18)23-13-8-4-11(5-9-13)16(19)20/h2-9H,1H3,(H,14,21). The van der Waals surface area contributed by atoms with E-state index in [1.54, 1.807) is 0 Å². The number of nitro benzene ring substituents is 2. The highest BCUT2D eigenvalue weighted by Crippen LogP contribution is 2.44. The number of nitrogens with one attached hydrogen (secondary N) is 1. The van der Waals surface area contributed by atoms with E-state index in [0.717, 1.165) is 0 Å². The SMILES string of the molecule is CNP(=O)(Oc1ccc([N+](=O)[O-])cc1)Oc1ccc([N+](=O)[O-])cc1. The average Bonchev–Trinajstić information content (AvgIpc) is 2.55. The highest BCUT2D eigenvalue weighted by Gasteiger charge is 2.26. The Balaban J connectivity index is 2.14. The fraction of sp³-hybridized carbons (Fsp3) is 0.0769. The largest absolute Gasteiger partial charge is 0.512 e. The Bertz CT molecular complexity index is 729. The van der Waals surface area contributed by atoms with Crippen LogP contribution in [0, 0.1) is 20.2 Å². The van der Waals surface area contributed by atoms with Crippen molar-refractivity contribution >= 4 is 19.1 Å². The summed E-state index contributed by atoms with van der Waals surface area (Å²) in [5, 5.41) is 23.6. The van der Waals surface area contributed by atoms with Crippen molar-refractivity contribution in [3.05, 3.63) is 68.8 Å². The maximum absolute atomic E-state index is 12.5. The van der Waals surface area contributed by atoms with Crippen molar-refractivity contribution in [2.75, 3.05) is 7.05 Å². The van der Waals surface area contributed by atoms with Crippen molar-refractivity contribution in [1.82, 2.24) is 5.09 Å². The second-order valence-electron chi connectivity index (χ2n) is 4.41. The molecule has 0 unspecified atom stereocenters. The lowest BCUT2D eigenvalue weighted by Gasteiger charge is -2.18. The van der Waals surface area contributed by atoms with Crippen LogP contribution in [0.2, 0.25) is 0 Å². The minimum absolute atomic E-state index is 0.0974. The molecule has 0 saturated heterocycles. The first kappa shape index (κ1) is 17.4. The van der Waals surface area contributed by atoms with Gasteiger partial charge in [-0.15, -0.1) is 0 Å². The first-order valence-corrected chi connectivity index (χ1v) is 8.04. The molecule has 1 N–H and O–H groups in total. The van der Waals surface area contributed by atoms with Gasteiger partial charge in [-0.3, -0.25) is 20.2 Å². The summed E-state index contributed by atoms with van der Waals surface area (Å²) < 4.78 is 23.0. The predicted octanol–water partition coefficient (Wildman–Crippen LogP) is 3.29. The quantitative estimate of drug-likeness (QED) is 0.455. The maximum Gasteiger partial charge on any atom is 0.512 e. The first-order valence-electron chi connectivity index (χ1n) is 6.50. The molecule has 2 rings (SSSR count). The van der Waals surface area contributed by atoms with Crippen molar-refractivity contribution in [3.8, 4) is 11.5 Å². The molecule has 0 aliphatic rings. The van der Waals surface area contributed by atoms with Crippen LogP contribution in [0.1, 0.15) is 0 Å². The fourth-order valence-electron chi connectivity index (χ4n) is 1.64. The third-order valence-electron chi connectivity index (χ3n) is 2.82. The van der Waals surface area contributed by atoms with E-state index in [2.05, 4.69) is 5.09 Å². The number of nitro groups is 2. The van der Waals surface area contributed by atoms with E-state index >= 15 is 0 Å². The van der Waals surface area contributed by atoms with Crippen LogP contribution in [0.4, 0.5) is 11.4 Å². The molecule has 24 heavy (non-hydrogen) atoms. The van der Waals surface area contributed by atoms with E-state index < -0.39 is 17.6 Å². The van der Waals surface area contributed by atoms with Gasteiger partial charge in [-0.2, -0.15) is 0 Å². The van der Waals surface area contributed by atoms with E-state index in [4.69, 9.17) is 9.05 Å². The molecule has 2 aromatic carbocycles. The molecular weight excluding hydrogens is 341 g/mol. The lowest BCUT2D eigenvalue weighted by molar-refractivity contribution is -0.385. The lowest BCUT2D eigenvalue weighted by atomic mass is 10.3. The first-order chi connectivity index (χ1) is 11.3. The third-order valence-corrected chi connectivity index (χ3v) is 4.27. The van der Waals surface area contributed by atoms with Crippen molar-refractivity contribution in [3.63, 3.8) is 0 Å². The van der Waals surface area contributed by atoms with Crippen molar-refractivity contribution in [1.29, 1.82) is 0 Å². The zero-order valence-electron chi connectivity index (χ0n) is 12.3. The van der Waals surface area contributed by atoms with Crippen LogP contribution in [0.3, 0.4) is 0 Å². The monoisotopic (exact) mass is 353 g/mol. The molecule has 0 aliphatic heterocycles. The minimum atomic E-state index is -3.81. The molecule has 0 bridgehead atoms. The molecular formula is C13H12N3O7P. The summed E-state index contributed by atoms with van der Waals surface area (Å²) in [6, 6.07) is 9.90. The molecule has 0 saturated carbocycles. The molecule has 0 amide bonds. The van der Waals surface area contributed by atoms with Gasteiger partial charge in [0.1, 0.15) is 11.5 Å². The Morgan fingerprint density at radius 1 is 0.833 bits per heavy atom. The molecule has 0 spiro atoms. The van der Waals surface area contributed by atoms with Crippen molar-refractivity contribution in [2.45, 2.75) is 0 Å². The van der Waals surface area contributed by atoms with Crippen LogP contribution >= 0.6 is 7.75 Å². The highest BCUT2D eigenvalue weighted by atomic mass is 31.2. The molecule has 0 radical (unpaired) electrons. The number of nitrogens with zero attached hydrogens (tertiary/aromatic N) is 2. The Labute approximate surface area is 135 Å². The van der Waals surface area contributed by atoms with Gasteiger partial charge in [-0.05, 0) is 31.3 Å². The molecule has 0 atom stereocenters. The van der Waals surface area contributed by atoms with Crippen LogP contribution < -0.4 is 14.1 Å². The Morgan fingerprint density at radius 3 is 1.42 bits per heavy atom. The van der Waals surface area contributed by atoms with Crippen LogP contribution in [0.15, 0.2) is 48.5 Å². The second-order valence-corrected chi connectivity index (χ2v) is 6.21. The van der Waals surface area contributed by atoms with E-state index in [9.17, 15) is 24.8 Å².